The molecule has 0 saturated heterocycles. The first-order valence-corrected chi connectivity index (χ1v) is 7.94. The molecule has 0 atom stereocenters. The maximum absolute atomic E-state index is 12.1. The second-order valence-electron chi connectivity index (χ2n) is 5.16. The fourth-order valence-corrected chi connectivity index (χ4v) is 2.30. The largest absolute Gasteiger partial charge is 0.497 e. The average molecular weight is 378 g/mol. The molecule has 0 fully saturated rings. The van der Waals surface area contributed by atoms with Crippen molar-refractivity contribution in [2.45, 2.75) is 0 Å². The van der Waals surface area contributed by atoms with Gasteiger partial charge < -0.3 is 15.4 Å². The van der Waals surface area contributed by atoms with Crippen molar-refractivity contribution in [3.63, 3.8) is 0 Å². The van der Waals surface area contributed by atoms with Crippen LogP contribution in [0, 0.1) is 10.1 Å². The molecule has 8 nitrogen and oxygen atoms in total. The van der Waals surface area contributed by atoms with Crippen LogP contribution in [0.15, 0.2) is 42.5 Å². The van der Waals surface area contributed by atoms with Crippen LogP contribution < -0.4 is 15.4 Å². The number of hydrogen-bond donors (Lipinski definition) is 2. The monoisotopic (exact) mass is 377 g/mol. The molecule has 0 saturated carbocycles. The summed E-state index contributed by atoms with van der Waals surface area (Å²) in [5.74, 6) is -0.213. The molecule has 0 aliphatic heterocycles. The topological polar surface area (TPSA) is 111 Å². The van der Waals surface area contributed by atoms with E-state index < -0.39 is 10.8 Å². The van der Waals surface area contributed by atoms with Crippen molar-refractivity contribution in [3.05, 3.63) is 68.7 Å². The Morgan fingerprint density at radius 1 is 1.08 bits per heavy atom. The van der Waals surface area contributed by atoms with Crippen LogP contribution >= 0.6 is 11.6 Å². The molecule has 9 heteroatoms. The lowest BCUT2D eigenvalue weighted by Gasteiger charge is -2.08. The molecule has 2 aromatic rings. The maximum atomic E-state index is 12.1. The first-order valence-electron chi connectivity index (χ1n) is 7.56. The summed E-state index contributed by atoms with van der Waals surface area (Å²) in [4.78, 5) is 34.2. The highest BCUT2D eigenvalue weighted by Crippen LogP contribution is 2.21. The Morgan fingerprint density at radius 2 is 1.69 bits per heavy atom. The third-order valence-electron chi connectivity index (χ3n) is 3.45. The fraction of sp³-hybridized carbons (Fsp3) is 0.176. The van der Waals surface area contributed by atoms with Gasteiger partial charge in [-0.15, -0.1) is 0 Å². The molecule has 0 heterocycles. The third-order valence-corrected chi connectivity index (χ3v) is 3.78. The molecule has 2 N–H and O–H groups in total. The second-order valence-corrected chi connectivity index (χ2v) is 5.57. The van der Waals surface area contributed by atoms with Gasteiger partial charge in [-0.1, -0.05) is 11.6 Å². The van der Waals surface area contributed by atoms with Crippen molar-refractivity contribution in [3.8, 4) is 5.75 Å². The zero-order chi connectivity index (χ0) is 19.1. The number of nitrogens with one attached hydrogen (secondary N) is 2. The zero-order valence-electron chi connectivity index (χ0n) is 13.8. The predicted molar refractivity (Wildman–Crippen MR) is 95.8 cm³/mol. The van der Waals surface area contributed by atoms with Crippen LogP contribution in [0.25, 0.3) is 0 Å². The standard InChI is InChI=1S/C17H16ClN3O5/c1-26-13-5-2-11(3-6-13)16(22)19-8-9-20-17(23)14-10-12(21(24)25)4-7-15(14)18/h2-7,10H,8-9H2,1H3,(H,19,22)(H,20,23). The minimum Gasteiger partial charge on any atom is -0.497 e. The van der Waals surface area contributed by atoms with Crippen molar-refractivity contribution in [2.24, 2.45) is 0 Å². The van der Waals surface area contributed by atoms with Crippen LogP contribution in [0.5, 0.6) is 5.75 Å². The van der Waals surface area contributed by atoms with E-state index in [1.54, 1.807) is 24.3 Å². The van der Waals surface area contributed by atoms with Crippen LogP contribution in [0.4, 0.5) is 5.69 Å². The van der Waals surface area contributed by atoms with Crippen LogP contribution in [0.1, 0.15) is 20.7 Å². The molecule has 2 amide bonds. The number of benzene rings is 2. The van der Waals surface area contributed by atoms with Gasteiger partial charge in [-0.2, -0.15) is 0 Å². The molecule has 0 aliphatic rings. The predicted octanol–water partition coefficient (Wildman–Crippen LogP) is 2.42. The quantitative estimate of drug-likeness (QED) is 0.437. The number of nitro groups is 1. The van der Waals surface area contributed by atoms with Crippen LogP contribution in [-0.2, 0) is 0 Å². The van der Waals surface area contributed by atoms with Crippen LogP contribution in [-0.4, -0.2) is 36.9 Å². The fourth-order valence-electron chi connectivity index (χ4n) is 2.09. The smallest absolute Gasteiger partial charge is 0.270 e. The van der Waals surface area contributed by atoms with Crippen molar-refractivity contribution < 1.29 is 19.2 Å². The number of carbonyl (C=O) groups is 2. The van der Waals surface area contributed by atoms with Crippen molar-refractivity contribution in [2.75, 3.05) is 20.2 Å². The molecule has 2 aromatic carbocycles. The SMILES string of the molecule is COc1ccc(C(=O)NCCNC(=O)c2cc([N+](=O)[O-])ccc2Cl)cc1. The minimum atomic E-state index is -0.609. The molecule has 0 spiro atoms. The molecule has 0 unspecified atom stereocenters. The summed E-state index contributed by atoms with van der Waals surface area (Å²) in [5.41, 5.74) is 0.230. The van der Waals surface area contributed by atoms with Gasteiger partial charge in [0.25, 0.3) is 17.5 Å². The number of rotatable bonds is 7. The number of hydrogen-bond acceptors (Lipinski definition) is 5. The first-order chi connectivity index (χ1) is 12.4. The summed E-state index contributed by atoms with van der Waals surface area (Å²) in [6.45, 7) is 0.322. The van der Waals surface area contributed by atoms with Crippen LogP contribution in [0.3, 0.4) is 0 Å². The lowest BCUT2D eigenvalue weighted by atomic mass is 10.2. The number of nitrogens with zero attached hydrogens (tertiary/aromatic N) is 1. The zero-order valence-corrected chi connectivity index (χ0v) is 14.6. The van der Waals surface area contributed by atoms with E-state index in [0.29, 0.717) is 11.3 Å². The Hall–Kier alpha value is -3.13. The number of methoxy groups -OCH3 is 1. The van der Waals surface area contributed by atoms with Crippen molar-refractivity contribution in [1.82, 2.24) is 10.6 Å². The first kappa shape index (κ1) is 19.2. The van der Waals surface area contributed by atoms with E-state index in [2.05, 4.69) is 10.6 Å². The minimum absolute atomic E-state index is 0.00217. The van der Waals surface area contributed by atoms with Gasteiger partial charge in [0.2, 0.25) is 0 Å². The number of carbonyl (C=O) groups excluding carboxylic acids is 2. The molecule has 0 radical (unpaired) electrons. The molecular weight excluding hydrogens is 362 g/mol. The molecule has 0 aromatic heterocycles. The molecule has 136 valence electrons. The number of nitro benzene ring substituents is 1. The summed E-state index contributed by atoms with van der Waals surface area (Å²) in [5, 5.41) is 16.1. The Balaban J connectivity index is 1.85. The van der Waals surface area contributed by atoms with E-state index in [0.717, 1.165) is 6.07 Å². The van der Waals surface area contributed by atoms with Crippen molar-refractivity contribution in [1.29, 1.82) is 0 Å². The summed E-state index contributed by atoms with van der Waals surface area (Å²) >= 11 is 5.90. The number of ether oxygens (including phenoxy) is 1. The van der Waals surface area contributed by atoms with Gasteiger partial charge in [-0.05, 0) is 30.3 Å². The van der Waals surface area contributed by atoms with Gasteiger partial charge in [0.15, 0.2) is 0 Å². The van der Waals surface area contributed by atoms with E-state index in [4.69, 9.17) is 16.3 Å². The number of halogens is 1. The highest BCUT2D eigenvalue weighted by Gasteiger charge is 2.15. The normalized spacial score (nSPS) is 10.1. The molecule has 26 heavy (non-hydrogen) atoms. The Kier molecular flexibility index (Phi) is 6.51. The number of non-ortho nitro benzene ring substituents is 1. The van der Waals surface area contributed by atoms with E-state index in [9.17, 15) is 19.7 Å². The Morgan fingerprint density at radius 3 is 2.27 bits per heavy atom. The van der Waals surface area contributed by atoms with Gasteiger partial charge in [0.1, 0.15) is 5.75 Å². The summed E-state index contributed by atoms with van der Waals surface area (Å²) in [7, 11) is 1.53. The van der Waals surface area contributed by atoms with E-state index in [-0.39, 0.29) is 35.3 Å². The molecule has 0 aliphatic carbocycles. The Bertz CT molecular complexity index is 824. The number of amides is 2. The van der Waals surface area contributed by atoms with E-state index >= 15 is 0 Å². The second kappa shape index (κ2) is 8.82. The lowest BCUT2D eigenvalue weighted by molar-refractivity contribution is -0.384. The average Bonchev–Trinajstić information content (AvgIpc) is 2.65. The summed E-state index contributed by atoms with van der Waals surface area (Å²) in [6.07, 6.45) is 0. The van der Waals surface area contributed by atoms with E-state index in [1.165, 1.54) is 19.2 Å². The lowest BCUT2D eigenvalue weighted by Crippen LogP contribution is -2.34. The molecular formula is C17H16ClN3O5. The van der Waals surface area contributed by atoms with Gasteiger partial charge in [0.05, 0.1) is 22.6 Å². The summed E-state index contributed by atoms with van der Waals surface area (Å²) in [6, 6.07) is 10.2. The van der Waals surface area contributed by atoms with Gasteiger partial charge in [0, 0.05) is 30.8 Å². The highest BCUT2D eigenvalue weighted by molar-refractivity contribution is 6.33. The maximum Gasteiger partial charge on any atom is 0.270 e. The van der Waals surface area contributed by atoms with Gasteiger partial charge in [-0.3, -0.25) is 19.7 Å². The van der Waals surface area contributed by atoms with Crippen molar-refractivity contribution >= 4 is 29.1 Å². The molecule has 2 rings (SSSR count). The van der Waals surface area contributed by atoms with Gasteiger partial charge in [-0.25, -0.2) is 0 Å². The summed E-state index contributed by atoms with van der Waals surface area (Å²) < 4.78 is 5.02. The highest BCUT2D eigenvalue weighted by atomic mass is 35.5. The van der Waals surface area contributed by atoms with Crippen LogP contribution in [0.2, 0.25) is 5.02 Å². The van der Waals surface area contributed by atoms with E-state index in [1.807, 2.05) is 0 Å². The van der Waals surface area contributed by atoms with Gasteiger partial charge >= 0.3 is 0 Å². The Labute approximate surface area is 154 Å². The molecule has 0 bridgehead atoms. The third kappa shape index (κ3) is 4.93.